The first-order chi connectivity index (χ1) is 12.4. The van der Waals surface area contributed by atoms with Crippen molar-refractivity contribution in [1.82, 2.24) is 29.7 Å². The Morgan fingerprint density at radius 1 is 1.35 bits per heavy atom. The third-order valence-electron chi connectivity index (χ3n) is 4.44. The van der Waals surface area contributed by atoms with E-state index in [0.717, 1.165) is 5.69 Å². The second-order valence-corrected chi connectivity index (χ2v) is 6.25. The fourth-order valence-corrected chi connectivity index (χ4v) is 3.17. The SMILES string of the molecule is Cc1cc(N2CCC(NC(=O)c3ccc4n[nH]c(=O)n4c3)C2=O)n(C)n1. The van der Waals surface area contributed by atoms with Crippen LogP contribution in [0.5, 0.6) is 0 Å². The van der Waals surface area contributed by atoms with Gasteiger partial charge in [0.15, 0.2) is 5.65 Å². The minimum absolute atomic E-state index is 0.178. The monoisotopic (exact) mass is 355 g/mol. The third-order valence-corrected chi connectivity index (χ3v) is 4.44. The second kappa shape index (κ2) is 5.83. The lowest BCUT2D eigenvalue weighted by Crippen LogP contribution is -2.42. The molecule has 3 aromatic heterocycles. The van der Waals surface area contributed by atoms with Crippen molar-refractivity contribution in [2.75, 3.05) is 11.4 Å². The lowest BCUT2D eigenvalue weighted by Gasteiger charge is -2.17. The Bertz CT molecular complexity index is 1080. The number of nitrogens with zero attached hydrogens (tertiary/aromatic N) is 5. The molecule has 4 rings (SSSR count). The van der Waals surface area contributed by atoms with Crippen molar-refractivity contribution < 1.29 is 9.59 Å². The van der Waals surface area contributed by atoms with Crippen LogP contribution in [0, 0.1) is 6.92 Å². The van der Waals surface area contributed by atoms with Crippen molar-refractivity contribution in [3.8, 4) is 0 Å². The minimum atomic E-state index is -0.616. The standard InChI is InChI=1S/C16H17N7O3/c1-9-7-13(21(2)20-9)22-6-5-11(15(22)25)17-14(24)10-3-4-12-18-19-16(26)23(12)8-10/h3-4,7-8,11H,5-6H2,1-2H3,(H,17,24)(H,19,26). The molecule has 26 heavy (non-hydrogen) atoms. The first-order valence-electron chi connectivity index (χ1n) is 8.14. The number of aryl methyl sites for hydroxylation is 2. The molecule has 1 aliphatic rings. The van der Waals surface area contributed by atoms with E-state index in [-0.39, 0.29) is 11.5 Å². The number of aromatic amines is 1. The maximum Gasteiger partial charge on any atom is 0.347 e. The Morgan fingerprint density at radius 3 is 2.88 bits per heavy atom. The molecule has 0 spiro atoms. The van der Waals surface area contributed by atoms with Crippen LogP contribution in [0.15, 0.2) is 29.2 Å². The summed E-state index contributed by atoms with van der Waals surface area (Å²) in [5, 5.41) is 13.1. The van der Waals surface area contributed by atoms with E-state index in [0.29, 0.717) is 24.4 Å². The highest BCUT2D eigenvalue weighted by molar-refractivity contribution is 6.03. The highest BCUT2D eigenvalue weighted by Crippen LogP contribution is 2.22. The van der Waals surface area contributed by atoms with Crippen molar-refractivity contribution in [3.05, 3.63) is 46.1 Å². The van der Waals surface area contributed by atoms with Crippen LogP contribution < -0.4 is 15.9 Å². The lowest BCUT2D eigenvalue weighted by molar-refractivity contribution is -0.118. The van der Waals surface area contributed by atoms with E-state index >= 15 is 0 Å². The zero-order valence-electron chi connectivity index (χ0n) is 14.3. The number of pyridine rings is 1. The average molecular weight is 355 g/mol. The van der Waals surface area contributed by atoms with Gasteiger partial charge in [-0.05, 0) is 25.5 Å². The summed E-state index contributed by atoms with van der Waals surface area (Å²) in [6, 6.07) is 4.34. The molecule has 1 aliphatic heterocycles. The topological polar surface area (TPSA) is 117 Å². The molecule has 1 saturated heterocycles. The van der Waals surface area contributed by atoms with Crippen LogP contribution in [0.3, 0.4) is 0 Å². The highest BCUT2D eigenvalue weighted by Gasteiger charge is 2.35. The van der Waals surface area contributed by atoms with Crippen LogP contribution in [0.4, 0.5) is 5.82 Å². The van der Waals surface area contributed by atoms with Gasteiger partial charge in [-0.15, -0.1) is 0 Å². The summed E-state index contributed by atoms with van der Waals surface area (Å²) in [5.41, 5.74) is 1.09. The molecule has 3 aromatic rings. The predicted molar refractivity (Wildman–Crippen MR) is 92.0 cm³/mol. The zero-order valence-corrected chi connectivity index (χ0v) is 14.3. The van der Waals surface area contributed by atoms with Crippen molar-refractivity contribution in [2.24, 2.45) is 7.05 Å². The number of fused-ring (bicyclic) bond motifs is 1. The quantitative estimate of drug-likeness (QED) is 0.663. The number of carbonyl (C=O) groups is 2. The van der Waals surface area contributed by atoms with Gasteiger partial charge in [-0.1, -0.05) is 0 Å². The zero-order chi connectivity index (χ0) is 18.4. The van der Waals surface area contributed by atoms with Gasteiger partial charge in [-0.2, -0.15) is 10.2 Å². The summed E-state index contributed by atoms with van der Waals surface area (Å²) in [4.78, 5) is 38.4. The Hall–Kier alpha value is -3.43. The van der Waals surface area contributed by atoms with Gasteiger partial charge in [0.1, 0.15) is 11.9 Å². The molecule has 0 aromatic carbocycles. The summed E-state index contributed by atoms with van der Waals surface area (Å²) in [6.07, 6.45) is 1.90. The number of rotatable bonds is 3. The largest absolute Gasteiger partial charge is 0.347 e. The Morgan fingerprint density at radius 2 is 2.15 bits per heavy atom. The maximum absolute atomic E-state index is 12.7. The lowest BCUT2D eigenvalue weighted by atomic mass is 10.2. The number of nitrogens with one attached hydrogen (secondary N) is 2. The van der Waals surface area contributed by atoms with Crippen LogP contribution in [-0.2, 0) is 11.8 Å². The Kier molecular flexibility index (Phi) is 3.60. The van der Waals surface area contributed by atoms with Gasteiger partial charge in [0, 0.05) is 25.9 Å². The molecule has 0 saturated carbocycles. The van der Waals surface area contributed by atoms with E-state index in [1.54, 1.807) is 28.8 Å². The highest BCUT2D eigenvalue weighted by atomic mass is 16.2. The number of hydrogen-bond acceptors (Lipinski definition) is 5. The van der Waals surface area contributed by atoms with Gasteiger partial charge in [-0.3, -0.25) is 19.2 Å². The summed E-state index contributed by atoms with van der Waals surface area (Å²) in [6.45, 7) is 2.36. The summed E-state index contributed by atoms with van der Waals surface area (Å²) < 4.78 is 2.90. The maximum atomic E-state index is 12.7. The number of amides is 2. The molecule has 4 heterocycles. The van der Waals surface area contributed by atoms with Crippen LogP contribution >= 0.6 is 0 Å². The molecule has 0 radical (unpaired) electrons. The van der Waals surface area contributed by atoms with Crippen molar-refractivity contribution in [3.63, 3.8) is 0 Å². The Balaban J connectivity index is 1.52. The number of carbonyl (C=O) groups excluding carboxylic acids is 2. The molecule has 134 valence electrons. The molecular formula is C16H17N7O3. The van der Waals surface area contributed by atoms with Gasteiger partial charge >= 0.3 is 5.69 Å². The van der Waals surface area contributed by atoms with Crippen LogP contribution in [0.25, 0.3) is 5.65 Å². The smallest absolute Gasteiger partial charge is 0.340 e. The fraction of sp³-hybridized carbons (Fsp3) is 0.312. The predicted octanol–water partition coefficient (Wildman–Crippen LogP) is -0.400. The number of H-pyrrole nitrogens is 1. The Labute approximate surface area is 147 Å². The van der Waals surface area contributed by atoms with Gasteiger partial charge in [-0.25, -0.2) is 14.3 Å². The van der Waals surface area contributed by atoms with E-state index in [1.807, 2.05) is 13.0 Å². The molecule has 2 amide bonds. The molecule has 1 unspecified atom stereocenters. The molecular weight excluding hydrogens is 338 g/mol. The molecule has 1 atom stereocenters. The summed E-state index contributed by atoms with van der Waals surface area (Å²) in [7, 11) is 1.78. The molecule has 10 nitrogen and oxygen atoms in total. The van der Waals surface area contributed by atoms with Crippen molar-refractivity contribution >= 4 is 23.3 Å². The van der Waals surface area contributed by atoms with E-state index in [2.05, 4.69) is 20.6 Å². The molecule has 1 fully saturated rings. The van der Waals surface area contributed by atoms with Crippen LogP contribution in [0.2, 0.25) is 0 Å². The van der Waals surface area contributed by atoms with Gasteiger partial charge < -0.3 is 5.32 Å². The van der Waals surface area contributed by atoms with Crippen LogP contribution in [-0.4, -0.2) is 48.8 Å². The molecule has 0 bridgehead atoms. The average Bonchev–Trinajstić information content (AvgIpc) is 3.26. The normalized spacial score (nSPS) is 17.2. The molecule has 2 N–H and O–H groups in total. The molecule has 0 aliphatic carbocycles. The van der Waals surface area contributed by atoms with Gasteiger partial charge in [0.25, 0.3) is 11.8 Å². The molecule has 10 heteroatoms. The second-order valence-electron chi connectivity index (χ2n) is 6.25. The number of anilines is 1. The number of hydrogen-bond donors (Lipinski definition) is 2. The van der Waals surface area contributed by atoms with Crippen LogP contribution in [0.1, 0.15) is 22.5 Å². The summed E-state index contributed by atoms with van der Waals surface area (Å²) >= 11 is 0. The third kappa shape index (κ3) is 2.55. The fourth-order valence-electron chi connectivity index (χ4n) is 3.17. The van der Waals surface area contributed by atoms with E-state index in [9.17, 15) is 14.4 Å². The van der Waals surface area contributed by atoms with Crippen molar-refractivity contribution in [1.29, 1.82) is 0 Å². The van der Waals surface area contributed by atoms with Gasteiger partial charge in [0.2, 0.25) is 0 Å². The van der Waals surface area contributed by atoms with Gasteiger partial charge in [0.05, 0.1) is 11.3 Å². The minimum Gasteiger partial charge on any atom is -0.340 e. The van der Waals surface area contributed by atoms with E-state index < -0.39 is 17.6 Å². The number of aromatic nitrogens is 5. The van der Waals surface area contributed by atoms with E-state index in [4.69, 9.17) is 0 Å². The first-order valence-corrected chi connectivity index (χ1v) is 8.14. The van der Waals surface area contributed by atoms with Crippen molar-refractivity contribution in [2.45, 2.75) is 19.4 Å². The van der Waals surface area contributed by atoms with E-state index in [1.165, 1.54) is 10.6 Å². The summed E-state index contributed by atoms with van der Waals surface area (Å²) in [5.74, 6) is 0.111. The first kappa shape index (κ1) is 16.1.